The van der Waals surface area contributed by atoms with Gasteiger partial charge in [-0.15, -0.1) is 0 Å². The second kappa shape index (κ2) is 5.57. The summed E-state index contributed by atoms with van der Waals surface area (Å²) < 4.78 is 6.60. The summed E-state index contributed by atoms with van der Waals surface area (Å²) in [7, 11) is 0. The lowest BCUT2D eigenvalue weighted by Crippen LogP contribution is -2.37. The van der Waals surface area contributed by atoms with Crippen molar-refractivity contribution in [3.8, 4) is 0 Å². The molecule has 3 heteroatoms. The highest BCUT2D eigenvalue weighted by Gasteiger charge is 2.37. The van der Waals surface area contributed by atoms with Crippen LogP contribution in [0.15, 0.2) is 21.2 Å². The molecule has 1 fully saturated rings. The first-order valence-corrected chi connectivity index (χ1v) is 7.43. The minimum absolute atomic E-state index is 0.339. The number of hydrogen-bond acceptors (Lipinski definition) is 2. The van der Waals surface area contributed by atoms with E-state index in [1.54, 1.807) is 0 Å². The summed E-state index contributed by atoms with van der Waals surface area (Å²) in [5.74, 6) is 1.07. The molecule has 17 heavy (non-hydrogen) atoms. The monoisotopic (exact) mass is 299 g/mol. The van der Waals surface area contributed by atoms with Crippen LogP contribution in [-0.4, -0.2) is 6.54 Å². The predicted octanol–water partition coefficient (Wildman–Crippen LogP) is 4.66. The number of halogens is 1. The van der Waals surface area contributed by atoms with Gasteiger partial charge in [0.1, 0.15) is 5.76 Å². The van der Waals surface area contributed by atoms with Crippen molar-refractivity contribution in [1.29, 1.82) is 0 Å². The van der Waals surface area contributed by atoms with Gasteiger partial charge in [-0.3, -0.25) is 0 Å². The van der Waals surface area contributed by atoms with Crippen LogP contribution < -0.4 is 5.32 Å². The van der Waals surface area contributed by atoms with Crippen molar-refractivity contribution >= 4 is 15.9 Å². The number of furan rings is 1. The first-order chi connectivity index (χ1) is 8.15. The lowest BCUT2D eigenvalue weighted by Gasteiger charge is -2.40. The summed E-state index contributed by atoms with van der Waals surface area (Å²) in [5, 5.41) is 3.61. The molecule has 1 atom stereocenters. The Bertz CT molecular complexity index is 355. The first-order valence-electron chi connectivity index (χ1n) is 6.64. The van der Waals surface area contributed by atoms with Gasteiger partial charge in [-0.1, -0.05) is 33.1 Å². The highest BCUT2D eigenvalue weighted by atomic mass is 79.9. The van der Waals surface area contributed by atoms with Crippen LogP contribution in [0.3, 0.4) is 0 Å². The highest BCUT2D eigenvalue weighted by molar-refractivity contribution is 9.10. The van der Waals surface area contributed by atoms with Gasteiger partial charge in [0.25, 0.3) is 0 Å². The van der Waals surface area contributed by atoms with Crippen LogP contribution in [0.2, 0.25) is 0 Å². The van der Waals surface area contributed by atoms with E-state index in [0.29, 0.717) is 11.5 Å². The zero-order valence-corrected chi connectivity index (χ0v) is 12.3. The number of rotatable bonds is 4. The molecular weight excluding hydrogens is 278 g/mol. The van der Waals surface area contributed by atoms with Crippen LogP contribution in [0.1, 0.15) is 57.8 Å². The van der Waals surface area contributed by atoms with Crippen LogP contribution in [0.25, 0.3) is 0 Å². The van der Waals surface area contributed by atoms with E-state index < -0.39 is 0 Å². The Hall–Kier alpha value is -0.280. The van der Waals surface area contributed by atoms with Crippen molar-refractivity contribution in [2.45, 2.75) is 52.0 Å². The molecule has 1 aromatic heterocycles. The van der Waals surface area contributed by atoms with Gasteiger partial charge in [-0.25, -0.2) is 0 Å². The summed E-state index contributed by atoms with van der Waals surface area (Å²) >= 11 is 3.40. The van der Waals surface area contributed by atoms with E-state index in [-0.39, 0.29) is 0 Å². The molecule has 1 heterocycles. The Kier molecular flexibility index (Phi) is 4.31. The molecule has 2 nitrogen and oxygen atoms in total. The van der Waals surface area contributed by atoms with Gasteiger partial charge in [0.05, 0.1) is 6.04 Å². The third-order valence-corrected chi connectivity index (χ3v) is 4.41. The summed E-state index contributed by atoms with van der Waals surface area (Å²) in [4.78, 5) is 0. The highest BCUT2D eigenvalue weighted by Crippen LogP contribution is 2.46. The minimum atomic E-state index is 0.339. The predicted molar refractivity (Wildman–Crippen MR) is 74.0 cm³/mol. The second-order valence-corrected chi connectivity index (χ2v) is 6.13. The molecule has 0 amide bonds. The van der Waals surface area contributed by atoms with Crippen LogP contribution in [0.5, 0.6) is 0 Å². The van der Waals surface area contributed by atoms with E-state index in [2.05, 4.69) is 41.2 Å². The van der Waals surface area contributed by atoms with Crippen molar-refractivity contribution in [3.05, 3.63) is 22.6 Å². The fraction of sp³-hybridized carbons (Fsp3) is 0.714. The fourth-order valence-electron chi connectivity index (χ4n) is 3.03. The smallest absolute Gasteiger partial charge is 0.169 e. The van der Waals surface area contributed by atoms with Crippen molar-refractivity contribution in [2.24, 2.45) is 5.41 Å². The van der Waals surface area contributed by atoms with Gasteiger partial charge < -0.3 is 9.73 Å². The quantitative estimate of drug-likeness (QED) is 0.874. The Balaban J connectivity index is 2.21. The summed E-state index contributed by atoms with van der Waals surface area (Å²) in [6, 6.07) is 4.43. The Morgan fingerprint density at radius 1 is 1.35 bits per heavy atom. The Morgan fingerprint density at radius 2 is 2.06 bits per heavy atom. The number of nitrogens with one attached hydrogen (secondary N) is 1. The maximum Gasteiger partial charge on any atom is 0.169 e. The molecule has 1 N–H and O–H groups in total. The average molecular weight is 300 g/mol. The molecule has 0 radical (unpaired) electrons. The van der Waals surface area contributed by atoms with Crippen molar-refractivity contribution in [2.75, 3.05) is 6.54 Å². The molecule has 1 unspecified atom stereocenters. The molecule has 0 spiro atoms. The van der Waals surface area contributed by atoms with Gasteiger partial charge in [0.15, 0.2) is 4.67 Å². The summed E-state index contributed by atoms with van der Waals surface area (Å²) in [5.41, 5.74) is 0.339. The second-order valence-electron chi connectivity index (χ2n) is 5.35. The molecule has 0 saturated heterocycles. The normalized spacial score (nSPS) is 21.4. The maximum absolute atomic E-state index is 5.77. The molecular formula is C14H22BrNO. The van der Waals surface area contributed by atoms with Crippen molar-refractivity contribution in [3.63, 3.8) is 0 Å². The van der Waals surface area contributed by atoms with Crippen molar-refractivity contribution in [1.82, 2.24) is 5.32 Å². The maximum atomic E-state index is 5.77. The Labute approximate surface area is 112 Å². The molecule has 1 aromatic rings. The molecule has 2 rings (SSSR count). The molecule has 1 aliphatic rings. The van der Waals surface area contributed by atoms with Gasteiger partial charge >= 0.3 is 0 Å². The SMILES string of the molecule is CCNC(c1ccc(Br)o1)C1(C)CCCCC1. The topological polar surface area (TPSA) is 25.2 Å². The third-order valence-electron chi connectivity index (χ3n) is 3.98. The molecule has 1 saturated carbocycles. The van der Waals surface area contributed by atoms with Gasteiger partial charge in [-0.05, 0) is 52.9 Å². The first kappa shape index (κ1) is 13.2. The minimum Gasteiger partial charge on any atom is -0.453 e. The van der Waals surface area contributed by atoms with E-state index >= 15 is 0 Å². The van der Waals surface area contributed by atoms with Crippen molar-refractivity contribution < 1.29 is 4.42 Å². The van der Waals surface area contributed by atoms with E-state index in [9.17, 15) is 0 Å². The van der Waals surface area contributed by atoms with Gasteiger partial charge in [0, 0.05) is 0 Å². The van der Waals surface area contributed by atoms with E-state index in [1.165, 1.54) is 32.1 Å². The van der Waals surface area contributed by atoms with E-state index in [4.69, 9.17) is 4.42 Å². The molecule has 96 valence electrons. The van der Waals surface area contributed by atoms with Crippen LogP contribution in [0.4, 0.5) is 0 Å². The molecule has 0 aromatic carbocycles. The molecule has 0 aliphatic heterocycles. The standard InChI is InChI=1S/C14H22BrNO/c1-3-16-13(11-7-8-12(15)17-11)14(2)9-5-4-6-10-14/h7-8,13,16H,3-6,9-10H2,1-2H3. The van der Waals surface area contributed by atoms with Gasteiger partial charge in [-0.2, -0.15) is 0 Å². The lowest BCUT2D eigenvalue weighted by molar-refractivity contribution is 0.129. The zero-order valence-electron chi connectivity index (χ0n) is 10.8. The third kappa shape index (κ3) is 2.94. The van der Waals surface area contributed by atoms with E-state index in [0.717, 1.165) is 17.0 Å². The van der Waals surface area contributed by atoms with E-state index in [1.807, 2.05) is 6.07 Å². The lowest BCUT2D eigenvalue weighted by atomic mass is 9.70. The number of hydrogen-bond donors (Lipinski definition) is 1. The zero-order chi connectivity index (χ0) is 12.3. The molecule has 0 bridgehead atoms. The summed E-state index contributed by atoms with van der Waals surface area (Å²) in [6.07, 6.45) is 6.67. The van der Waals surface area contributed by atoms with Crippen LogP contribution in [-0.2, 0) is 0 Å². The fourth-order valence-corrected chi connectivity index (χ4v) is 3.35. The van der Waals surface area contributed by atoms with Crippen LogP contribution in [0, 0.1) is 5.41 Å². The molecule has 1 aliphatic carbocycles. The average Bonchev–Trinajstić information content (AvgIpc) is 2.73. The summed E-state index contributed by atoms with van der Waals surface area (Å²) in [6.45, 7) is 5.55. The van der Waals surface area contributed by atoms with Crippen LogP contribution >= 0.6 is 15.9 Å². The Morgan fingerprint density at radius 3 is 2.59 bits per heavy atom. The largest absolute Gasteiger partial charge is 0.453 e. The van der Waals surface area contributed by atoms with Gasteiger partial charge in [0.2, 0.25) is 0 Å².